The van der Waals surface area contributed by atoms with Crippen LogP contribution in [0.5, 0.6) is 0 Å². The van der Waals surface area contributed by atoms with Gasteiger partial charge in [0.2, 0.25) is 5.78 Å². The highest BCUT2D eigenvalue weighted by Gasteiger charge is 2.37. The average molecular weight is 257 g/mol. The third-order valence-electron chi connectivity index (χ3n) is 2.47. The highest BCUT2D eigenvalue weighted by Crippen LogP contribution is 2.24. The van der Waals surface area contributed by atoms with Gasteiger partial charge in [-0.3, -0.25) is 9.79 Å². The standard InChI is InChI=1S/C13H14F3NO/c1-8-5-4-6-9(2)12(8)17-10(3)7-11(18)13(14,15)16/h4-6H,7H2,1-3H3/b17-10+. The molecule has 1 aromatic rings. The molecule has 0 bridgehead atoms. The highest BCUT2D eigenvalue weighted by molar-refractivity contribution is 6.04. The lowest BCUT2D eigenvalue weighted by Gasteiger charge is -2.07. The molecule has 0 heterocycles. The van der Waals surface area contributed by atoms with Crippen molar-refractivity contribution in [3.05, 3.63) is 29.3 Å². The van der Waals surface area contributed by atoms with Gasteiger partial charge in [-0.15, -0.1) is 0 Å². The number of halogens is 3. The van der Waals surface area contributed by atoms with Crippen molar-refractivity contribution in [3.63, 3.8) is 0 Å². The lowest BCUT2D eigenvalue weighted by Crippen LogP contribution is -2.24. The SMILES string of the molecule is C/C(CC(=O)C(F)(F)F)=N\c1c(C)cccc1C. The fourth-order valence-corrected chi connectivity index (χ4v) is 1.54. The number of aryl methyl sites for hydroxylation is 2. The Hall–Kier alpha value is -1.65. The van der Waals surface area contributed by atoms with Gasteiger partial charge >= 0.3 is 6.18 Å². The Labute approximate surface area is 104 Å². The quantitative estimate of drug-likeness (QED) is 0.755. The smallest absolute Gasteiger partial charge is 0.289 e. The number of Topliss-reactive ketones (excluding diaryl/α,β-unsaturated/α-hetero) is 1. The van der Waals surface area contributed by atoms with E-state index in [0.29, 0.717) is 5.69 Å². The molecule has 1 rings (SSSR count). The second-order valence-corrected chi connectivity index (χ2v) is 4.19. The number of hydrogen-bond acceptors (Lipinski definition) is 2. The number of alkyl halides is 3. The number of nitrogens with zero attached hydrogens (tertiary/aromatic N) is 1. The lowest BCUT2D eigenvalue weighted by atomic mass is 10.1. The molecule has 18 heavy (non-hydrogen) atoms. The molecule has 2 nitrogen and oxygen atoms in total. The molecular formula is C13H14F3NO. The van der Waals surface area contributed by atoms with Crippen LogP contribution in [0.4, 0.5) is 18.9 Å². The number of ketones is 1. The Morgan fingerprint density at radius 1 is 1.22 bits per heavy atom. The van der Waals surface area contributed by atoms with E-state index in [0.717, 1.165) is 11.1 Å². The summed E-state index contributed by atoms with van der Waals surface area (Å²) in [5.74, 6) is -1.77. The van der Waals surface area contributed by atoms with Crippen molar-refractivity contribution in [2.24, 2.45) is 4.99 Å². The van der Waals surface area contributed by atoms with E-state index in [-0.39, 0.29) is 5.71 Å². The molecule has 0 aromatic heterocycles. The summed E-state index contributed by atoms with van der Waals surface area (Å²) in [4.78, 5) is 14.9. The highest BCUT2D eigenvalue weighted by atomic mass is 19.4. The molecule has 0 fully saturated rings. The topological polar surface area (TPSA) is 29.4 Å². The Bertz CT molecular complexity index is 469. The molecule has 0 aliphatic heterocycles. The van der Waals surface area contributed by atoms with E-state index in [9.17, 15) is 18.0 Å². The molecule has 98 valence electrons. The van der Waals surface area contributed by atoms with E-state index in [1.165, 1.54) is 6.92 Å². The van der Waals surface area contributed by atoms with Crippen LogP contribution in [0.15, 0.2) is 23.2 Å². The Balaban J connectivity index is 2.94. The van der Waals surface area contributed by atoms with Crippen LogP contribution >= 0.6 is 0 Å². The Morgan fingerprint density at radius 3 is 2.17 bits per heavy atom. The minimum Gasteiger partial charge on any atom is -0.289 e. The van der Waals surface area contributed by atoms with Crippen LogP contribution in [0.25, 0.3) is 0 Å². The number of aliphatic imine (C=N–C) groups is 1. The van der Waals surface area contributed by atoms with Crippen LogP contribution in [0.2, 0.25) is 0 Å². The van der Waals surface area contributed by atoms with Gasteiger partial charge in [0.25, 0.3) is 0 Å². The molecule has 0 N–H and O–H groups in total. The van der Waals surface area contributed by atoms with Crippen LogP contribution in [0.3, 0.4) is 0 Å². The largest absolute Gasteiger partial charge is 0.450 e. The Morgan fingerprint density at radius 2 is 1.72 bits per heavy atom. The molecular weight excluding hydrogens is 243 g/mol. The van der Waals surface area contributed by atoms with Gasteiger partial charge < -0.3 is 0 Å². The number of hydrogen-bond donors (Lipinski definition) is 0. The summed E-state index contributed by atoms with van der Waals surface area (Å²) in [6.07, 6.45) is -5.49. The van der Waals surface area contributed by atoms with Crippen LogP contribution in [0, 0.1) is 13.8 Å². The molecule has 5 heteroatoms. The van der Waals surface area contributed by atoms with E-state index in [2.05, 4.69) is 4.99 Å². The van der Waals surface area contributed by atoms with Crippen LogP contribution in [-0.2, 0) is 4.79 Å². The second-order valence-electron chi connectivity index (χ2n) is 4.19. The number of carbonyl (C=O) groups excluding carboxylic acids is 1. The molecule has 0 spiro atoms. The molecule has 0 saturated heterocycles. The number of carbonyl (C=O) groups is 1. The summed E-state index contributed by atoms with van der Waals surface area (Å²) in [5, 5.41) is 0. The van der Waals surface area contributed by atoms with Crippen LogP contribution in [-0.4, -0.2) is 17.7 Å². The molecule has 0 saturated carbocycles. The second kappa shape index (κ2) is 5.33. The monoisotopic (exact) mass is 257 g/mol. The van der Waals surface area contributed by atoms with E-state index >= 15 is 0 Å². The lowest BCUT2D eigenvalue weighted by molar-refractivity contribution is -0.169. The van der Waals surface area contributed by atoms with Gasteiger partial charge in [0.05, 0.1) is 12.1 Å². The zero-order valence-electron chi connectivity index (χ0n) is 10.4. The normalized spacial score (nSPS) is 12.7. The molecule has 0 atom stereocenters. The van der Waals surface area contributed by atoms with Crippen molar-refractivity contribution >= 4 is 17.2 Å². The first-order chi connectivity index (χ1) is 8.21. The van der Waals surface area contributed by atoms with Crippen molar-refractivity contribution in [3.8, 4) is 0 Å². The minimum atomic E-state index is -4.79. The number of rotatable bonds is 3. The van der Waals surface area contributed by atoms with Gasteiger partial charge in [0, 0.05) is 5.71 Å². The first kappa shape index (κ1) is 14.4. The first-order valence-corrected chi connectivity index (χ1v) is 5.42. The fourth-order valence-electron chi connectivity index (χ4n) is 1.54. The summed E-state index contributed by atoms with van der Waals surface area (Å²) in [6.45, 7) is 5.07. The molecule has 1 aromatic carbocycles. The molecule has 0 amide bonds. The van der Waals surface area contributed by atoms with Crippen LogP contribution < -0.4 is 0 Å². The van der Waals surface area contributed by atoms with E-state index in [4.69, 9.17) is 0 Å². The van der Waals surface area contributed by atoms with E-state index in [1.54, 1.807) is 0 Å². The van der Waals surface area contributed by atoms with Crippen molar-refractivity contribution in [2.45, 2.75) is 33.4 Å². The van der Waals surface area contributed by atoms with Crippen LogP contribution in [0.1, 0.15) is 24.5 Å². The van der Waals surface area contributed by atoms with E-state index < -0.39 is 18.4 Å². The number of para-hydroxylation sites is 1. The maximum absolute atomic E-state index is 12.1. The van der Waals surface area contributed by atoms with Gasteiger partial charge in [-0.2, -0.15) is 13.2 Å². The van der Waals surface area contributed by atoms with E-state index in [1.807, 2.05) is 32.0 Å². The van der Waals surface area contributed by atoms with Gasteiger partial charge in [-0.05, 0) is 31.9 Å². The molecule has 0 aliphatic carbocycles. The third-order valence-corrected chi connectivity index (χ3v) is 2.47. The summed E-state index contributed by atoms with van der Waals surface area (Å²) in [7, 11) is 0. The maximum Gasteiger partial charge on any atom is 0.450 e. The van der Waals surface area contributed by atoms with Crippen molar-refractivity contribution < 1.29 is 18.0 Å². The van der Waals surface area contributed by atoms with Gasteiger partial charge in [0.15, 0.2) is 0 Å². The third kappa shape index (κ3) is 3.68. The fraction of sp³-hybridized carbons (Fsp3) is 0.385. The summed E-state index contributed by atoms with van der Waals surface area (Å²) in [5.41, 5.74) is 2.53. The molecule has 0 unspecified atom stereocenters. The average Bonchev–Trinajstić information content (AvgIpc) is 2.22. The summed E-state index contributed by atoms with van der Waals surface area (Å²) in [6, 6.07) is 5.50. The van der Waals surface area contributed by atoms with Gasteiger partial charge in [-0.1, -0.05) is 18.2 Å². The van der Waals surface area contributed by atoms with Crippen molar-refractivity contribution in [1.82, 2.24) is 0 Å². The zero-order chi connectivity index (χ0) is 13.9. The summed E-state index contributed by atoms with van der Waals surface area (Å²) < 4.78 is 36.3. The Kier molecular flexibility index (Phi) is 4.27. The predicted molar refractivity (Wildman–Crippen MR) is 64.4 cm³/mol. The predicted octanol–water partition coefficient (Wildman–Crippen LogP) is 3.92. The van der Waals surface area contributed by atoms with Gasteiger partial charge in [-0.25, -0.2) is 0 Å². The molecule has 0 aliphatic rings. The zero-order valence-corrected chi connectivity index (χ0v) is 10.4. The van der Waals surface area contributed by atoms with Gasteiger partial charge in [0.1, 0.15) is 0 Å². The van der Waals surface area contributed by atoms with Crippen molar-refractivity contribution in [2.75, 3.05) is 0 Å². The van der Waals surface area contributed by atoms with Crippen molar-refractivity contribution in [1.29, 1.82) is 0 Å². The minimum absolute atomic E-state index is 0.162. The number of benzene rings is 1. The first-order valence-electron chi connectivity index (χ1n) is 5.42. The maximum atomic E-state index is 12.1. The summed E-state index contributed by atoms with van der Waals surface area (Å²) >= 11 is 0. The molecule has 0 radical (unpaired) electrons.